The Balaban J connectivity index is 1.97. The molecule has 6 nitrogen and oxygen atoms in total. The minimum absolute atomic E-state index is 0.0235. The van der Waals surface area contributed by atoms with Gasteiger partial charge in [-0.05, 0) is 25.5 Å². The lowest BCUT2D eigenvalue weighted by molar-refractivity contribution is -0.157. The van der Waals surface area contributed by atoms with Crippen LogP contribution in [0.2, 0.25) is 0 Å². The Labute approximate surface area is 155 Å². The van der Waals surface area contributed by atoms with Crippen LogP contribution < -0.4 is 5.32 Å². The highest BCUT2D eigenvalue weighted by Gasteiger charge is 2.40. The zero-order valence-electron chi connectivity index (χ0n) is 15.0. The van der Waals surface area contributed by atoms with E-state index in [2.05, 4.69) is 5.32 Å². The third kappa shape index (κ3) is 7.09. The molecule has 1 aromatic rings. The highest BCUT2D eigenvalue weighted by molar-refractivity contribution is 5.75. The summed E-state index contributed by atoms with van der Waals surface area (Å²) in [5.74, 6) is -1.24. The van der Waals surface area contributed by atoms with E-state index in [1.807, 2.05) is 6.07 Å². The van der Waals surface area contributed by atoms with Gasteiger partial charge in [0.1, 0.15) is 6.61 Å². The third-order valence-corrected chi connectivity index (χ3v) is 4.21. The summed E-state index contributed by atoms with van der Waals surface area (Å²) in [4.78, 5) is 25.3. The number of ether oxygens (including phenoxy) is 2. The van der Waals surface area contributed by atoms with Crippen LogP contribution in [0.5, 0.6) is 0 Å². The topological polar surface area (TPSA) is 67.9 Å². The van der Waals surface area contributed by atoms with Crippen LogP contribution in [0.1, 0.15) is 18.9 Å². The number of hydrogen-bond donors (Lipinski definition) is 1. The number of halogens is 3. The van der Waals surface area contributed by atoms with Crippen molar-refractivity contribution in [3.05, 3.63) is 35.9 Å². The summed E-state index contributed by atoms with van der Waals surface area (Å²) < 4.78 is 48.1. The van der Waals surface area contributed by atoms with Gasteiger partial charge in [-0.3, -0.25) is 9.69 Å². The van der Waals surface area contributed by atoms with Crippen molar-refractivity contribution in [1.82, 2.24) is 10.2 Å². The van der Waals surface area contributed by atoms with E-state index in [9.17, 15) is 22.8 Å². The van der Waals surface area contributed by atoms with Crippen LogP contribution in [0.3, 0.4) is 0 Å². The quantitative estimate of drug-likeness (QED) is 0.759. The second kappa shape index (κ2) is 9.59. The first-order chi connectivity index (χ1) is 12.8. The zero-order valence-corrected chi connectivity index (χ0v) is 15.0. The smallest absolute Gasteiger partial charge is 0.407 e. The zero-order chi connectivity index (χ0) is 19.9. The lowest BCUT2D eigenvalue weighted by atomic mass is 9.91. The number of benzene rings is 1. The molecule has 0 aliphatic carbocycles. The first-order valence-corrected chi connectivity index (χ1v) is 8.71. The van der Waals surface area contributed by atoms with Crippen LogP contribution in [-0.2, 0) is 20.9 Å². The predicted molar refractivity (Wildman–Crippen MR) is 90.8 cm³/mol. The Bertz CT molecular complexity index is 625. The van der Waals surface area contributed by atoms with Gasteiger partial charge in [-0.25, -0.2) is 4.79 Å². The fourth-order valence-corrected chi connectivity index (χ4v) is 3.01. The Morgan fingerprint density at radius 3 is 2.56 bits per heavy atom. The van der Waals surface area contributed by atoms with Crippen molar-refractivity contribution in [2.75, 3.05) is 26.2 Å². The monoisotopic (exact) mass is 388 g/mol. The summed E-state index contributed by atoms with van der Waals surface area (Å²) in [6.45, 7) is 0.721. The predicted octanol–water partition coefficient (Wildman–Crippen LogP) is 2.73. The molecule has 1 amide bonds. The Morgan fingerprint density at radius 2 is 1.93 bits per heavy atom. The number of rotatable bonds is 6. The standard InChI is InChI=1S/C18H23F3N2O4/c1-2-26-16(24)14-8-9-23(12-18(19,20)21)10-15(14)22-17(25)27-11-13-6-4-3-5-7-13/h3-7,14-15H,2,8-12H2,1H3,(H,22,25)/t14-,15-/m1/s1. The van der Waals surface area contributed by atoms with Crippen LogP contribution in [0.4, 0.5) is 18.0 Å². The van der Waals surface area contributed by atoms with Gasteiger partial charge in [-0.15, -0.1) is 0 Å². The van der Waals surface area contributed by atoms with Gasteiger partial charge >= 0.3 is 18.2 Å². The van der Waals surface area contributed by atoms with Gasteiger partial charge in [0.05, 0.1) is 25.1 Å². The highest BCUT2D eigenvalue weighted by Crippen LogP contribution is 2.24. The number of carbonyl (C=O) groups excluding carboxylic acids is 2. The molecule has 1 N–H and O–H groups in total. The van der Waals surface area contributed by atoms with Crippen molar-refractivity contribution in [2.24, 2.45) is 5.92 Å². The molecule has 0 spiro atoms. The van der Waals surface area contributed by atoms with E-state index in [1.54, 1.807) is 31.2 Å². The average Bonchev–Trinajstić information content (AvgIpc) is 2.60. The van der Waals surface area contributed by atoms with Crippen LogP contribution in [-0.4, -0.2) is 55.4 Å². The van der Waals surface area contributed by atoms with Crippen LogP contribution >= 0.6 is 0 Å². The summed E-state index contributed by atoms with van der Waals surface area (Å²) in [7, 11) is 0. The molecule has 1 aliphatic heterocycles. The summed E-state index contributed by atoms with van der Waals surface area (Å²) in [6, 6.07) is 8.15. The summed E-state index contributed by atoms with van der Waals surface area (Å²) in [5.41, 5.74) is 0.775. The van der Waals surface area contributed by atoms with Gasteiger partial charge in [-0.1, -0.05) is 30.3 Å². The van der Waals surface area contributed by atoms with Gasteiger partial charge in [0.2, 0.25) is 0 Å². The van der Waals surface area contributed by atoms with Crippen LogP contribution in [0.15, 0.2) is 30.3 Å². The number of esters is 1. The number of nitrogens with zero attached hydrogens (tertiary/aromatic N) is 1. The SMILES string of the molecule is CCOC(=O)[C@@H]1CCN(CC(F)(F)F)C[C@H]1NC(=O)OCc1ccccc1. The molecule has 1 saturated heterocycles. The van der Waals surface area contributed by atoms with E-state index in [1.165, 1.54) is 0 Å². The molecule has 1 aliphatic rings. The molecule has 150 valence electrons. The van der Waals surface area contributed by atoms with Gasteiger partial charge in [-0.2, -0.15) is 13.2 Å². The molecule has 0 unspecified atom stereocenters. The van der Waals surface area contributed by atoms with E-state index in [0.717, 1.165) is 10.5 Å². The highest BCUT2D eigenvalue weighted by atomic mass is 19.4. The number of alkyl halides is 3. The average molecular weight is 388 g/mol. The van der Waals surface area contributed by atoms with E-state index in [-0.39, 0.29) is 32.7 Å². The van der Waals surface area contributed by atoms with Crippen molar-refractivity contribution in [3.8, 4) is 0 Å². The van der Waals surface area contributed by atoms with E-state index < -0.39 is 36.7 Å². The number of hydrogen-bond acceptors (Lipinski definition) is 5. The fourth-order valence-electron chi connectivity index (χ4n) is 3.01. The number of likely N-dealkylation sites (tertiary alicyclic amines) is 1. The van der Waals surface area contributed by atoms with Crippen molar-refractivity contribution in [1.29, 1.82) is 0 Å². The molecule has 1 aromatic carbocycles. The second-order valence-electron chi connectivity index (χ2n) is 6.31. The largest absolute Gasteiger partial charge is 0.466 e. The minimum Gasteiger partial charge on any atom is -0.466 e. The Hall–Kier alpha value is -2.29. The van der Waals surface area contributed by atoms with Gasteiger partial charge in [0, 0.05) is 6.54 Å². The van der Waals surface area contributed by atoms with Crippen molar-refractivity contribution < 1.29 is 32.2 Å². The molecular weight excluding hydrogens is 365 g/mol. The first kappa shape index (κ1) is 21.0. The van der Waals surface area contributed by atoms with Gasteiger partial charge < -0.3 is 14.8 Å². The maximum atomic E-state index is 12.7. The number of alkyl carbamates (subject to hydrolysis) is 1. The van der Waals surface area contributed by atoms with Crippen LogP contribution in [0, 0.1) is 5.92 Å². The lowest BCUT2D eigenvalue weighted by Gasteiger charge is -2.37. The molecule has 1 heterocycles. The molecular formula is C18H23F3N2O4. The molecule has 9 heteroatoms. The Morgan fingerprint density at radius 1 is 1.22 bits per heavy atom. The number of carbonyl (C=O) groups is 2. The molecule has 1 fully saturated rings. The third-order valence-electron chi connectivity index (χ3n) is 4.21. The van der Waals surface area contributed by atoms with Crippen molar-refractivity contribution in [3.63, 3.8) is 0 Å². The van der Waals surface area contributed by atoms with E-state index in [4.69, 9.17) is 9.47 Å². The second-order valence-corrected chi connectivity index (χ2v) is 6.31. The van der Waals surface area contributed by atoms with E-state index in [0.29, 0.717) is 0 Å². The summed E-state index contributed by atoms with van der Waals surface area (Å²) in [5, 5.41) is 2.52. The molecule has 27 heavy (non-hydrogen) atoms. The van der Waals surface area contributed by atoms with Crippen molar-refractivity contribution >= 4 is 12.1 Å². The van der Waals surface area contributed by atoms with Crippen LogP contribution in [0.25, 0.3) is 0 Å². The molecule has 2 atom stereocenters. The maximum absolute atomic E-state index is 12.7. The lowest BCUT2D eigenvalue weighted by Crippen LogP contribution is -2.56. The maximum Gasteiger partial charge on any atom is 0.407 e. The molecule has 0 saturated carbocycles. The minimum atomic E-state index is -4.35. The first-order valence-electron chi connectivity index (χ1n) is 8.71. The fraction of sp³-hybridized carbons (Fsp3) is 0.556. The summed E-state index contributed by atoms with van der Waals surface area (Å²) in [6.07, 6.45) is -4.97. The van der Waals surface area contributed by atoms with Gasteiger partial charge in [0.15, 0.2) is 0 Å². The van der Waals surface area contributed by atoms with Crippen molar-refractivity contribution in [2.45, 2.75) is 32.2 Å². The normalized spacial score (nSPS) is 20.7. The molecule has 0 aromatic heterocycles. The van der Waals surface area contributed by atoms with Gasteiger partial charge in [0.25, 0.3) is 0 Å². The molecule has 0 radical (unpaired) electrons. The summed E-state index contributed by atoms with van der Waals surface area (Å²) >= 11 is 0. The molecule has 0 bridgehead atoms. The Kier molecular flexibility index (Phi) is 7.46. The van der Waals surface area contributed by atoms with E-state index >= 15 is 0 Å². The molecule has 2 rings (SSSR count). The number of amides is 1. The number of nitrogens with one attached hydrogen (secondary N) is 1. The number of piperidine rings is 1.